The molecule has 0 bridgehead atoms. The van der Waals surface area contributed by atoms with Crippen LogP contribution in [0.2, 0.25) is 0 Å². The Morgan fingerprint density at radius 3 is 2.57 bits per heavy atom. The monoisotopic (exact) mass is 166 g/mol. The van der Waals surface area contributed by atoms with Crippen LogP contribution in [-0.4, -0.2) is 22.8 Å². The SMILES string of the molecule is O[C@@H]1OCC[C@@H]1Br. The third kappa shape index (κ3) is 1.15. The van der Waals surface area contributed by atoms with Crippen molar-refractivity contribution in [2.75, 3.05) is 6.61 Å². The third-order valence-corrected chi connectivity index (χ3v) is 1.90. The van der Waals surface area contributed by atoms with Crippen LogP contribution in [0.1, 0.15) is 6.42 Å². The summed E-state index contributed by atoms with van der Waals surface area (Å²) in [6.07, 6.45) is 0.348. The summed E-state index contributed by atoms with van der Waals surface area (Å²) in [4.78, 5) is 0.160. The van der Waals surface area contributed by atoms with Gasteiger partial charge in [0.25, 0.3) is 0 Å². The average molecular weight is 167 g/mol. The number of hydrogen-bond donors (Lipinski definition) is 1. The van der Waals surface area contributed by atoms with Gasteiger partial charge in [-0.05, 0) is 6.42 Å². The molecule has 1 rings (SSSR count). The van der Waals surface area contributed by atoms with Crippen LogP contribution in [0.3, 0.4) is 0 Å². The van der Waals surface area contributed by atoms with Crippen molar-refractivity contribution in [3.05, 3.63) is 0 Å². The fraction of sp³-hybridized carbons (Fsp3) is 1.00. The molecule has 1 aliphatic rings. The van der Waals surface area contributed by atoms with Gasteiger partial charge in [-0.1, -0.05) is 15.9 Å². The molecule has 1 fully saturated rings. The van der Waals surface area contributed by atoms with Gasteiger partial charge in [0.15, 0.2) is 6.29 Å². The molecule has 1 heterocycles. The molecule has 1 aliphatic heterocycles. The Kier molecular flexibility index (Phi) is 1.67. The van der Waals surface area contributed by atoms with Gasteiger partial charge in [-0.3, -0.25) is 0 Å². The van der Waals surface area contributed by atoms with Crippen LogP contribution >= 0.6 is 15.9 Å². The van der Waals surface area contributed by atoms with E-state index in [4.69, 9.17) is 9.84 Å². The lowest BCUT2D eigenvalue weighted by Gasteiger charge is -2.01. The van der Waals surface area contributed by atoms with Gasteiger partial charge in [0.05, 0.1) is 11.4 Å². The molecule has 42 valence electrons. The van der Waals surface area contributed by atoms with Crippen molar-refractivity contribution in [1.82, 2.24) is 0 Å². The van der Waals surface area contributed by atoms with Crippen molar-refractivity contribution >= 4 is 15.9 Å². The fourth-order valence-corrected chi connectivity index (χ4v) is 0.888. The summed E-state index contributed by atoms with van der Waals surface area (Å²) < 4.78 is 4.77. The van der Waals surface area contributed by atoms with Crippen molar-refractivity contribution in [3.8, 4) is 0 Å². The number of aliphatic hydroxyl groups is 1. The van der Waals surface area contributed by atoms with Crippen LogP contribution in [0.5, 0.6) is 0 Å². The topological polar surface area (TPSA) is 29.5 Å². The van der Waals surface area contributed by atoms with E-state index in [2.05, 4.69) is 15.9 Å². The van der Waals surface area contributed by atoms with Gasteiger partial charge in [-0.15, -0.1) is 0 Å². The molecule has 0 spiro atoms. The van der Waals surface area contributed by atoms with Gasteiger partial charge in [0.1, 0.15) is 0 Å². The molecular formula is C4H7BrO2. The largest absolute Gasteiger partial charge is 0.367 e. The first-order valence-corrected chi connectivity index (χ1v) is 3.16. The van der Waals surface area contributed by atoms with E-state index in [0.29, 0.717) is 6.61 Å². The van der Waals surface area contributed by atoms with Gasteiger partial charge in [-0.2, -0.15) is 0 Å². The minimum Gasteiger partial charge on any atom is -0.367 e. The summed E-state index contributed by atoms with van der Waals surface area (Å²) in [6.45, 7) is 0.678. The fourth-order valence-electron chi connectivity index (χ4n) is 0.548. The van der Waals surface area contributed by atoms with Crippen LogP contribution in [0.4, 0.5) is 0 Å². The molecular weight excluding hydrogens is 160 g/mol. The zero-order valence-electron chi connectivity index (χ0n) is 3.80. The van der Waals surface area contributed by atoms with E-state index in [1.54, 1.807) is 0 Å². The molecule has 7 heavy (non-hydrogen) atoms. The molecule has 0 radical (unpaired) electrons. The molecule has 3 heteroatoms. The highest BCUT2D eigenvalue weighted by Gasteiger charge is 2.22. The Morgan fingerprint density at radius 2 is 2.43 bits per heavy atom. The second-order valence-corrected chi connectivity index (χ2v) is 2.74. The van der Waals surface area contributed by atoms with E-state index in [1.165, 1.54) is 0 Å². The number of ether oxygens (including phenoxy) is 1. The van der Waals surface area contributed by atoms with Crippen molar-refractivity contribution in [3.63, 3.8) is 0 Å². The smallest absolute Gasteiger partial charge is 0.167 e. The van der Waals surface area contributed by atoms with E-state index in [1.807, 2.05) is 0 Å². The highest BCUT2D eigenvalue weighted by atomic mass is 79.9. The van der Waals surface area contributed by atoms with Crippen molar-refractivity contribution in [1.29, 1.82) is 0 Å². The Balaban J connectivity index is 2.33. The molecule has 0 aromatic carbocycles. The Hall–Kier alpha value is 0.400. The summed E-state index contributed by atoms with van der Waals surface area (Å²) in [5, 5.41) is 8.73. The lowest BCUT2D eigenvalue weighted by atomic mass is 10.4. The number of alkyl halides is 1. The zero-order chi connectivity index (χ0) is 5.28. The van der Waals surface area contributed by atoms with E-state index in [9.17, 15) is 0 Å². The van der Waals surface area contributed by atoms with E-state index in [-0.39, 0.29) is 4.83 Å². The minimum absolute atomic E-state index is 0.160. The van der Waals surface area contributed by atoms with E-state index in [0.717, 1.165) is 6.42 Å². The maximum Gasteiger partial charge on any atom is 0.167 e. The molecule has 1 N–H and O–H groups in total. The summed E-state index contributed by atoms with van der Waals surface area (Å²) in [6, 6.07) is 0. The Labute approximate surface area is 50.6 Å². The predicted molar refractivity (Wildman–Crippen MR) is 29.3 cm³/mol. The van der Waals surface area contributed by atoms with Crippen molar-refractivity contribution < 1.29 is 9.84 Å². The number of hydrogen-bond acceptors (Lipinski definition) is 2. The lowest BCUT2D eigenvalue weighted by molar-refractivity contribution is -0.0553. The first-order valence-electron chi connectivity index (χ1n) is 2.24. The summed E-state index contributed by atoms with van der Waals surface area (Å²) in [5.74, 6) is 0. The molecule has 0 aliphatic carbocycles. The zero-order valence-corrected chi connectivity index (χ0v) is 5.39. The normalized spacial score (nSPS) is 42.0. The van der Waals surface area contributed by atoms with Crippen LogP contribution in [0.15, 0.2) is 0 Å². The number of aliphatic hydroxyl groups excluding tert-OH is 1. The summed E-state index contributed by atoms with van der Waals surface area (Å²) in [5.41, 5.74) is 0. The second kappa shape index (κ2) is 2.11. The van der Waals surface area contributed by atoms with Crippen LogP contribution in [0, 0.1) is 0 Å². The van der Waals surface area contributed by atoms with E-state index < -0.39 is 6.29 Å². The number of halogens is 1. The van der Waals surface area contributed by atoms with Crippen LogP contribution in [-0.2, 0) is 4.74 Å². The quantitative estimate of drug-likeness (QED) is 0.532. The Morgan fingerprint density at radius 1 is 1.71 bits per heavy atom. The first kappa shape index (κ1) is 5.54. The highest BCUT2D eigenvalue weighted by Crippen LogP contribution is 2.18. The molecule has 2 nitrogen and oxygen atoms in total. The standard InChI is InChI=1S/C4H7BrO2/c5-3-1-2-7-4(3)6/h3-4,6H,1-2H2/t3-,4+/m0/s1. The maximum absolute atomic E-state index is 8.73. The van der Waals surface area contributed by atoms with Gasteiger partial charge < -0.3 is 9.84 Å². The number of rotatable bonds is 0. The molecule has 0 saturated carbocycles. The van der Waals surface area contributed by atoms with Gasteiger partial charge in [0.2, 0.25) is 0 Å². The van der Waals surface area contributed by atoms with E-state index >= 15 is 0 Å². The lowest BCUT2D eigenvalue weighted by Crippen LogP contribution is -2.12. The minimum atomic E-state index is -0.569. The van der Waals surface area contributed by atoms with Crippen molar-refractivity contribution in [2.24, 2.45) is 0 Å². The Bertz CT molecular complexity index is 58.7. The summed E-state index contributed by atoms with van der Waals surface area (Å²) >= 11 is 3.23. The molecule has 0 aromatic heterocycles. The van der Waals surface area contributed by atoms with Gasteiger partial charge in [0, 0.05) is 0 Å². The highest BCUT2D eigenvalue weighted by molar-refractivity contribution is 9.09. The predicted octanol–water partition coefficient (Wildman–Crippen LogP) is 0.489. The van der Waals surface area contributed by atoms with Crippen LogP contribution in [0.25, 0.3) is 0 Å². The van der Waals surface area contributed by atoms with Crippen LogP contribution < -0.4 is 0 Å². The first-order chi connectivity index (χ1) is 3.30. The second-order valence-electron chi connectivity index (χ2n) is 1.57. The summed E-state index contributed by atoms with van der Waals surface area (Å²) in [7, 11) is 0. The van der Waals surface area contributed by atoms with Gasteiger partial charge >= 0.3 is 0 Å². The molecule has 0 aromatic rings. The average Bonchev–Trinajstić information content (AvgIpc) is 1.91. The maximum atomic E-state index is 8.73. The molecule has 1 saturated heterocycles. The third-order valence-electron chi connectivity index (χ3n) is 0.992. The van der Waals surface area contributed by atoms with Gasteiger partial charge in [-0.25, -0.2) is 0 Å². The molecule has 0 unspecified atom stereocenters. The van der Waals surface area contributed by atoms with Crippen molar-refractivity contribution in [2.45, 2.75) is 17.5 Å². The molecule has 0 amide bonds. The molecule has 2 atom stereocenters.